The number of hydrogen-bond acceptors (Lipinski definition) is 0. The summed E-state index contributed by atoms with van der Waals surface area (Å²) in [4.78, 5) is 0. The summed E-state index contributed by atoms with van der Waals surface area (Å²) in [6, 6.07) is 0. The van der Waals surface area contributed by atoms with Gasteiger partial charge in [-0.05, 0) is 24.8 Å². The summed E-state index contributed by atoms with van der Waals surface area (Å²) in [7, 11) is 0. The van der Waals surface area contributed by atoms with Crippen LogP contribution in [0.15, 0.2) is 23.3 Å². The largest absolute Gasteiger partial charge is 0.0773 e. The zero-order valence-electron chi connectivity index (χ0n) is 7.15. The van der Waals surface area contributed by atoms with Crippen LogP contribution in [0.4, 0.5) is 0 Å². The second-order valence-corrected chi connectivity index (χ2v) is 3.11. The average molecular weight is 136 g/mol. The highest BCUT2D eigenvalue weighted by atomic mass is 14.2. The van der Waals surface area contributed by atoms with E-state index in [1.807, 2.05) is 0 Å². The maximum absolute atomic E-state index is 2.29. The van der Waals surface area contributed by atoms with Crippen LogP contribution in [0, 0.1) is 5.92 Å². The van der Waals surface area contributed by atoms with E-state index in [4.69, 9.17) is 0 Å². The summed E-state index contributed by atoms with van der Waals surface area (Å²) in [5, 5.41) is 0. The van der Waals surface area contributed by atoms with E-state index in [-0.39, 0.29) is 0 Å². The standard InChI is InChI=1S/C10H16/c1-4-5-10-7-6-8(2)9(10)3/h6-8H,4-5H2,1-3H3. The predicted molar refractivity (Wildman–Crippen MR) is 45.9 cm³/mol. The molecule has 0 nitrogen and oxygen atoms in total. The van der Waals surface area contributed by atoms with Crippen molar-refractivity contribution in [2.45, 2.75) is 33.6 Å². The second kappa shape index (κ2) is 3.05. The molecular weight excluding hydrogens is 120 g/mol. The molecule has 0 N–H and O–H groups in total. The molecular formula is C10H16. The van der Waals surface area contributed by atoms with E-state index in [1.165, 1.54) is 12.8 Å². The van der Waals surface area contributed by atoms with Gasteiger partial charge in [-0.1, -0.05) is 38.0 Å². The van der Waals surface area contributed by atoms with E-state index in [0.717, 1.165) is 0 Å². The van der Waals surface area contributed by atoms with Gasteiger partial charge in [-0.15, -0.1) is 0 Å². The molecule has 1 unspecified atom stereocenters. The lowest BCUT2D eigenvalue weighted by Crippen LogP contribution is -1.88. The first-order chi connectivity index (χ1) is 4.75. The molecule has 0 aromatic carbocycles. The van der Waals surface area contributed by atoms with Crippen LogP contribution in [0.2, 0.25) is 0 Å². The molecule has 0 aromatic heterocycles. The first kappa shape index (κ1) is 7.59. The minimum Gasteiger partial charge on any atom is -0.0773 e. The Hall–Kier alpha value is -0.520. The minimum absolute atomic E-state index is 0.696. The van der Waals surface area contributed by atoms with Gasteiger partial charge in [0.2, 0.25) is 0 Å². The predicted octanol–water partition coefficient (Wildman–Crippen LogP) is 3.31. The first-order valence-corrected chi connectivity index (χ1v) is 4.13. The van der Waals surface area contributed by atoms with Crippen molar-refractivity contribution in [2.75, 3.05) is 0 Å². The van der Waals surface area contributed by atoms with Gasteiger partial charge in [-0.3, -0.25) is 0 Å². The molecule has 56 valence electrons. The highest BCUT2D eigenvalue weighted by Crippen LogP contribution is 2.26. The molecule has 1 aliphatic rings. The molecule has 0 aromatic rings. The third-order valence-electron chi connectivity index (χ3n) is 2.29. The van der Waals surface area contributed by atoms with Gasteiger partial charge >= 0.3 is 0 Å². The van der Waals surface area contributed by atoms with Gasteiger partial charge in [0.1, 0.15) is 0 Å². The Bertz CT molecular complexity index is 172. The highest BCUT2D eigenvalue weighted by Gasteiger charge is 2.10. The quantitative estimate of drug-likeness (QED) is 0.546. The Kier molecular flexibility index (Phi) is 2.31. The summed E-state index contributed by atoms with van der Waals surface area (Å²) >= 11 is 0. The van der Waals surface area contributed by atoms with Crippen LogP contribution in [0.25, 0.3) is 0 Å². The Morgan fingerprint density at radius 2 is 2.20 bits per heavy atom. The fraction of sp³-hybridized carbons (Fsp3) is 0.600. The Labute approximate surface area is 63.6 Å². The first-order valence-electron chi connectivity index (χ1n) is 4.13. The van der Waals surface area contributed by atoms with Crippen molar-refractivity contribution in [3.05, 3.63) is 23.3 Å². The lowest BCUT2D eigenvalue weighted by molar-refractivity contribution is 0.848. The van der Waals surface area contributed by atoms with Crippen molar-refractivity contribution in [2.24, 2.45) is 5.92 Å². The third kappa shape index (κ3) is 1.31. The van der Waals surface area contributed by atoms with Crippen LogP contribution in [0.1, 0.15) is 33.6 Å². The van der Waals surface area contributed by atoms with Crippen molar-refractivity contribution < 1.29 is 0 Å². The zero-order valence-corrected chi connectivity index (χ0v) is 7.15. The zero-order chi connectivity index (χ0) is 7.56. The molecule has 0 bridgehead atoms. The van der Waals surface area contributed by atoms with Crippen molar-refractivity contribution in [3.8, 4) is 0 Å². The maximum atomic E-state index is 2.29. The fourth-order valence-corrected chi connectivity index (χ4v) is 1.38. The van der Waals surface area contributed by atoms with Crippen LogP contribution >= 0.6 is 0 Å². The molecule has 1 rings (SSSR count). The summed E-state index contributed by atoms with van der Waals surface area (Å²) in [6.45, 7) is 6.74. The van der Waals surface area contributed by atoms with E-state index in [0.29, 0.717) is 5.92 Å². The van der Waals surface area contributed by atoms with E-state index in [2.05, 4.69) is 32.9 Å². The summed E-state index contributed by atoms with van der Waals surface area (Å²) in [5.74, 6) is 0.696. The van der Waals surface area contributed by atoms with E-state index < -0.39 is 0 Å². The summed E-state index contributed by atoms with van der Waals surface area (Å²) < 4.78 is 0. The van der Waals surface area contributed by atoms with Crippen molar-refractivity contribution in [3.63, 3.8) is 0 Å². The Balaban J connectivity index is 2.65. The second-order valence-electron chi connectivity index (χ2n) is 3.11. The minimum atomic E-state index is 0.696. The molecule has 0 heterocycles. The van der Waals surface area contributed by atoms with Gasteiger partial charge in [-0.2, -0.15) is 0 Å². The van der Waals surface area contributed by atoms with Crippen molar-refractivity contribution in [1.29, 1.82) is 0 Å². The maximum Gasteiger partial charge on any atom is -0.00454 e. The molecule has 0 fully saturated rings. The summed E-state index contributed by atoms with van der Waals surface area (Å²) in [5.41, 5.74) is 3.14. The van der Waals surface area contributed by atoms with Crippen molar-refractivity contribution >= 4 is 0 Å². The number of rotatable bonds is 2. The molecule has 1 atom stereocenters. The fourth-order valence-electron chi connectivity index (χ4n) is 1.38. The molecule has 0 heteroatoms. The lowest BCUT2D eigenvalue weighted by Gasteiger charge is -2.03. The normalized spacial score (nSPS) is 24.5. The molecule has 0 radical (unpaired) electrons. The van der Waals surface area contributed by atoms with E-state index in [1.54, 1.807) is 11.1 Å². The Morgan fingerprint density at radius 1 is 1.50 bits per heavy atom. The summed E-state index contributed by atoms with van der Waals surface area (Å²) in [6.07, 6.45) is 7.10. The van der Waals surface area contributed by atoms with Crippen LogP contribution in [0.5, 0.6) is 0 Å². The molecule has 0 saturated carbocycles. The van der Waals surface area contributed by atoms with Gasteiger partial charge in [0, 0.05) is 0 Å². The van der Waals surface area contributed by atoms with Gasteiger partial charge in [0.15, 0.2) is 0 Å². The highest BCUT2D eigenvalue weighted by molar-refractivity contribution is 5.34. The van der Waals surface area contributed by atoms with Gasteiger partial charge in [0.25, 0.3) is 0 Å². The average Bonchev–Trinajstić information content (AvgIpc) is 2.20. The molecule has 0 spiro atoms. The number of allylic oxidation sites excluding steroid dienone is 4. The van der Waals surface area contributed by atoms with Crippen LogP contribution in [-0.4, -0.2) is 0 Å². The van der Waals surface area contributed by atoms with Crippen LogP contribution in [-0.2, 0) is 0 Å². The van der Waals surface area contributed by atoms with E-state index >= 15 is 0 Å². The lowest BCUT2D eigenvalue weighted by atomic mass is 10.0. The molecule has 10 heavy (non-hydrogen) atoms. The topological polar surface area (TPSA) is 0 Å². The van der Waals surface area contributed by atoms with E-state index in [9.17, 15) is 0 Å². The smallest absolute Gasteiger partial charge is 0.00454 e. The Morgan fingerprint density at radius 3 is 2.60 bits per heavy atom. The SMILES string of the molecule is CCCC1=C(C)C(C)C=C1. The molecule has 0 amide bonds. The van der Waals surface area contributed by atoms with Gasteiger partial charge in [-0.25, -0.2) is 0 Å². The third-order valence-corrected chi connectivity index (χ3v) is 2.29. The molecule has 0 saturated heterocycles. The van der Waals surface area contributed by atoms with Gasteiger partial charge < -0.3 is 0 Å². The van der Waals surface area contributed by atoms with Gasteiger partial charge in [0.05, 0.1) is 0 Å². The monoisotopic (exact) mass is 136 g/mol. The molecule has 0 aliphatic heterocycles. The van der Waals surface area contributed by atoms with Crippen LogP contribution in [0.3, 0.4) is 0 Å². The van der Waals surface area contributed by atoms with Crippen molar-refractivity contribution in [1.82, 2.24) is 0 Å². The molecule has 1 aliphatic carbocycles. The number of hydrogen-bond donors (Lipinski definition) is 0. The van der Waals surface area contributed by atoms with Crippen LogP contribution < -0.4 is 0 Å².